The molecule has 1 atom stereocenters. The van der Waals surface area contributed by atoms with Gasteiger partial charge in [0.15, 0.2) is 0 Å². The molecule has 0 aliphatic carbocycles. The van der Waals surface area contributed by atoms with Gasteiger partial charge >= 0.3 is 0 Å². The molecule has 0 amide bonds. The van der Waals surface area contributed by atoms with E-state index in [-0.39, 0.29) is 6.04 Å². The van der Waals surface area contributed by atoms with Crippen LogP contribution < -0.4 is 5.32 Å². The molecule has 0 saturated carbocycles. The molecule has 2 nitrogen and oxygen atoms in total. The minimum absolute atomic E-state index is 0.214. The van der Waals surface area contributed by atoms with Gasteiger partial charge in [-0.15, -0.1) is 22.7 Å². The Morgan fingerprint density at radius 3 is 2.71 bits per heavy atom. The molecule has 0 spiro atoms. The minimum atomic E-state index is 0.214. The van der Waals surface area contributed by atoms with Crippen molar-refractivity contribution < 1.29 is 0 Å². The zero-order valence-electron chi connectivity index (χ0n) is 11.3. The van der Waals surface area contributed by atoms with Crippen molar-refractivity contribution in [2.24, 2.45) is 0 Å². The van der Waals surface area contributed by atoms with Gasteiger partial charge in [-0.05, 0) is 35.7 Å². The molecule has 1 unspecified atom stereocenters. The molecule has 3 aromatic rings. The second kappa shape index (κ2) is 7.18. The first-order valence-corrected chi connectivity index (χ1v) is 8.82. The molecular formula is C16H15ClN2S2. The first kappa shape index (κ1) is 14.7. The number of hydrogen-bond donors (Lipinski definition) is 1. The van der Waals surface area contributed by atoms with Gasteiger partial charge < -0.3 is 5.32 Å². The van der Waals surface area contributed by atoms with Crippen LogP contribution in [0.3, 0.4) is 0 Å². The van der Waals surface area contributed by atoms with E-state index in [1.165, 1.54) is 9.75 Å². The number of rotatable bonds is 6. The molecule has 21 heavy (non-hydrogen) atoms. The van der Waals surface area contributed by atoms with Crippen molar-refractivity contribution in [3.63, 3.8) is 0 Å². The Morgan fingerprint density at radius 1 is 1.10 bits per heavy atom. The van der Waals surface area contributed by atoms with Gasteiger partial charge in [0.05, 0.1) is 10.4 Å². The Kier molecular flexibility index (Phi) is 5.04. The molecule has 1 N–H and O–H groups in total. The van der Waals surface area contributed by atoms with Crippen LogP contribution in [0.25, 0.3) is 0 Å². The number of nitrogens with zero attached hydrogens (tertiary/aromatic N) is 1. The molecule has 3 aromatic heterocycles. The summed E-state index contributed by atoms with van der Waals surface area (Å²) in [6, 6.07) is 14.6. The molecule has 0 bridgehead atoms. The van der Waals surface area contributed by atoms with E-state index >= 15 is 0 Å². The fourth-order valence-electron chi connectivity index (χ4n) is 2.17. The van der Waals surface area contributed by atoms with E-state index in [0.717, 1.165) is 23.0 Å². The summed E-state index contributed by atoms with van der Waals surface area (Å²) in [5, 5.41) is 5.73. The average Bonchev–Trinajstić information content (AvgIpc) is 3.16. The zero-order valence-corrected chi connectivity index (χ0v) is 13.7. The maximum Gasteiger partial charge on any atom is 0.0931 e. The highest BCUT2D eigenvalue weighted by Gasteiger charge is 2.16. The van der Waals surface area contributed by atoms with Crippen LogP contribution in [0.2, 0.25) is 4.34 Å². The fraction of sp³-hybridized carbons (Fsp3) is 0.188. The van der Waals surface area contributed by atoms with Crippen molar-refractivity contribution in [3.05, 3.63) is 73.8 Å². The Morgan fingerprint density at radius 2 is 2.05 bits per heavy atom. The first-order valence-electron chi connectivity index (χ1n) is 6.75. The van der Waals surface area contributed by atoms with Gasteiger partial charge in [-0.1, -0.05) is 23.7 Å². The smallest absolute Gasteiger partial charge is 0.0931 e. The second-order valence-corrected chi connectivity index (χ2v) is 7.34. The number of thiophene rings is 2. The van der Waals surface area contributed by atoms with Crippen LogP contribution in [-0.2, 0) is 6.42 Å². The van der Waals surface area contributed by atoms with Crippen LogP contribution >= 0.6 is 34.3 Å². The van der Waals surface area contributed by atoms with E-state index in [4.69, 9.17) is 11.6 Å². The van der Waals surface area contributed by atoms with Gasteiger partial charge in [0.1, 0.15) is 0 Å². The lowest BCUT2D eigenvalue weighted by Gasteiger charge is -2.16. The van der Waals surface area contributed by atoms with Crippen molar-refractivity contribution in [1.29, 1.82) is 0 Å². The molecule has 0 fully saturated rings. The number of aromatic nitrogens is 1. The van der Waals surface area contributed by atoms with E-state index in [2.05, 4.69) is 39.9 Å². The highest BCUT2D eigenvalue weighted by Crippen LogP contribution is 2.32. The van der Waals surface area contributed by atoms with E-state index in [1.807, 2.05) is 24.4 Å². The predicted octanol–water partition coefficient (Wildman–Crippen LogP) is 4.78. The molecular weight excluding hydrogens is 320 g/mol. The third-order valence-corrected chi connectivity index (χ3v) is 5.40. The summed E-state index contributed by atoms with van der Waals surface area (Å²) in [6.45, 7) is 0.884. The number of halogens is 1. The molecule has 0 radical (unpaired) electrons. The van der Waals surface area contributed by atoms with E-state index in [0.29, 0.717) is 0 Å². The van der Waals surface area contributed by atoms with Gasteiger partial charge in [0.2, 0.25) is 0 Å². The quantitative estimate of drug-likeness (QED) is 0.701. The van der Waals surface area contributed by atoms with Crippen molar-refractivity contribution in [1.82, 2.24) is 10.3 Å². The van der Waals surface area contributed by atoms with Gasteiger partial charge in [-0.3, -0.25) is 4.98 Å². The lowest BCUT2D eigenvalue weighted by atomic mass is 10.2. The highest BCUT2D eigenvalue weighted by molar-refractivity contribution is 7.16. The summed E-state index contributed by atoms with van der Waals surface area (Å²) in [5.74, 6) is 0. The molecule has 0 saturated heterocycles. The molecule has 108 valence electrons. The number of pyridine rings is 1. The fourth-order valence-corrected chi connectivity index (χ4v) is 4.22. The highest BCUT2D eigenvalue weighted by atomic mass is 35.5. The molecule has 0 aromatic carbocycles. The Bertz CT molecular complexity index is 665. The molecule has 0 aliphatic heterocycles. The zero-order chi connectivity index (χ0) is 14.5. The topological polar surface area (TPSA) is 24.9 Å². The maximum atomic E-state index is 6.08. The minimum Gasteiger partial charge on any atom is -0.305 e. The van der Waals surface area contributed by atoms with Gasteiger partial charge in [-0.25, -0.2) is 0 Å². The molecule has 5 heteroatoms. The molecule has 0 aliphatic rings. The lowest BCUT2D eigenvalue weighted by molar-refractivity contribution is 0.617. The second-order valence-electron chi connectivity index (χ2n) is 4.62. The van der Waals surface area contributed by atoms with Crippen molar-refractivity contribution >= 4 is 34.3 Å². The summed E-state index contributed by atoms with van der Waals surface area (Å²) >= 11 is 9.48. The van der Waals surface area contributed by atoms with Crippen molar-refractivity contribution in [3.8, 4) is 0 Å². The maximum absolute atomic E-state index is 6.08. The van der Waals surface area contributed by atoms with Gasteiger partial charge in [0, 0.05) is 34.6 Å². The first-order chi connectivity index (χ1) is 10.3. The normalized spacial score (nSPS) is 12.4. The molecule has 3 rings (SSSR count). The van der Waals surface area contributed by atoms with Crippen LogP contribution in [-0.4, -0.2) is 11.5 Å². The Balaban J connectivity index is 1.68. The summed E-state index contributed by atoms with van der Waals surface area (Å²) in [5.41, 5.74) is 1.11. The molecule has 3 heterocycles. The third kappa shape index (κ3) is 3.92. The van der Waals surface area contributed by atoms with E-state index in [1.54, 1.807) is 22.7 Å². The van der Waals surface area contributed by atoms with Crippen LogP contribution in [0.1, 0.15) is 21.5 Å². The lowest BCUT2D eigenvalue weighted by Crippen LogP contribution is -2.23. The SMILES string of the molecule is Clc1ccc(C(NCCc2ccccn2)c2cccs2)s1. The number of hydrogen-bond acceptors (Lipinski definition) is 4. The van der Waals surface area contributed by atoms with Crippen LogP contribution in [0.5, 0.6) is 0 Å². The largest absolute Gasteiger partial charge is 0.305 e. The van der Waals surface area contributed by atoms with Crippen LogP contribution in [0.15, 0.2) is 54.0 Å². The standard InChI is InChI=1S/C16H15ClN2S2/c17-15-7-6-14(21-15)16(13-5-3-11-20-13)19-10-8-12-4-1-2-9-18-12/h1-7,9,11,16,19H,8,10H2. The van der Waals surface area contributed by atoms with Crippen LogP contribution in [0.4, 0.5) is 0 Å². The van der Waals surface area contributed by atoms with Crippen LogP contribution in [0, 0.1) is 0 Å². The van der Waals surface area contributed by atoms with Gasteiger partial charge in [-0.2, -0.15) is 0 Å². The van der Waals surface area contributed by atoms with Crippen molar-refractivity contribution in [2.75, 3.05) is 6.54 Å². The predicted molar refractivity (Wildman–Crippen MR) is 91.4 cm³/mol. The van der Waals surface area contributed by atoms with Gasteiger partial charge in [0.25, 0.3) is 0 Å². The summed E-state index contributed by atoms with van der Waals surface area (Å²) in [6.07, 6.45) is 2.76. The van der Waals surface area contributed by atoms with E-state index in [9.17, 15) is 0 Å². The van der Waals surface area contributed by atoms with Crippen molar-refractivity contribution in [2.45, 2.75) is 12.5 Å². The average molecular weight is 335 g/mol. The third-order valence-electron chi connectivity index (χ3n) is 3.16. The summed E-state index contributed by atoms with van der Waals surface area (Å²) in [7, 11) is 0. The van der Waals surface area contributed by atoms with E-state index < -0.39 is 0 Å². The number of nitrogens with one attached hydrogen (secondary N) is 1. The Hall–Kier alpha value is -1.20. The summed E-state index contributed by atoms with van der Waals surface area (Å²) < 4.78 is 0.832. The summed E-state index contributed by atoms with van der Waals surface area (Å²) in [4.78, 5) is 6.93. The monoisotopic (exact) mass is 334 g/mol. The Labute approximate surface area is 137 Å².